The van der Waals surface area contributed by atoms with E-state index in [2.05, 4.69) is 13.8 Å². The highest BCUT2D eigenvalue weighted by Gasteiger charge is 2.51. The van der Waals surface area contributed by atoms with Gasteiger partial charge in [-0.1, -0.05) is 78.1 Å². The van der Waals surface area contributed by atoms with Crippen molar-refractivity contribution in [2.45, 2.75) is 162 Å². The van der Waals surface area contributed by atoms with E-state index in [9.17, 15) is 0 Å². The lowest BCUT2D eigenvalue weighted by molar-refractivity contribution is -0.0680. The van der Waals surface area contributed by atoms with Crippen molar-refractivity contribution >= 4 is 0 Å². The van der Waals surface area contributed by atoms with E-state index in [-0.39, 0.29) is 0 Å². The van der Waals surface area contributed by atoms with Gasteiger partial charge in [0.2, 0.25) is 0 Å². The van der Waals surface area contributed by atoms with Crippen LogP contribution in [0.15, 0.2) is 0 Å². The highest BCUT2D eigenvalue weighted by Crippen LogP contribution is 2.63. The summed E-state index contributed by atoms with van der Waals surface area (Å²) in [4.78, 5) is 0. The van der Waals surface area contributed by atoms with Gasteiger partial charge in [0.1, 0.15) is 0 Å². The summed E-state index contributed by atoms with van der Waals surface area (Å²) >= 11 is 0. The molecule has 0 heterocycles. The van der Waals surface area contributed by atoms with Crippen molar-refractivity contribution < 1.29 is 0 Å². The second-order valence-corrected chi connectivity index (χ2v) is 13.1. The summed E-state index contributed by atoms with van der Waals surface area (Å²) in [5.74, 6) is 4.40. The normalized spacial score (nSPS) is 40.8. The predicted molar refractivity (Wildman–Crippen MR) is 136 cm³/mol. The Bertz CT molecular complexity index is 478. The third-order valence-corrected chi connectivity index (χ3v) is 11.4. The third-order valence-electron chi connectivity index (χ3n) is 11.4. The van der Waals surface area contributed by atoms with Crippen LogP contribution in [-0.4, -0.2) is 0 Å². The average Bonchev–Trinajstić information content (AvgIpc) is 2.84. The fourth-order valence-corrected chi connectivity index (χ4v) is 9.04. The Morgan fingerprint density at radius 2 is 1.10 bits per heavy atom. The SMILES string of the molecule is CCCCCCC12CCC([C@H]3CC[C@H]([C@H]4CC[C@H](CCCCC)CC4)CC3)(CC1)CC2. The van der Waals surface area contributed by atoms with E-state index in [0.717, 1.165) is 34.5 Å². The first-order chi connectivity index (χ1) is 15.2. The molecule has 0 saturated heterocycles. The van der Waals surface area contributed by atoms with Gasteiger partial charge in [-0.25, -0.2) is 0 Å². The molecular weight excluding hydrogens is 372 g/mol. The lowest BCUT2D eigenvalue weighted by Gasteiger charge is -2.58. The van der Waals surface area contributed by atoms with Crippen LogP contribution in [0.4, 0.5) is 0 Å². The molecule has 0 unspecified atom stereocenters. The molecule has 0 N–H and O–H groups in total. The van der Waals surface area contributed by atoms with Crippen LogP contribution in [0, 0.1) is 34.5 Å². The fraction of sp³-hybridized carbons (Fsp3) is 1.00. The first-order valence-electron chi connectivity index (χ1n) is 15.2. The standard InChI is InChI=1S/C31H56/c1-3-5-7-9-19-30-20-23-31(24-21-30,25-22-30)29-17-15-28(16-18-29)27-13-11-26(12-14-27)10-8-6-4-2/h26-29H,3-25H2,1-2H3/t26-,27-,28-,29-,30?,31?. The minimum absolute atomic E-state index is 0.794. The number of fused-ring (bicyclic) bond motifs is 3. The quantitative estimate of drug-likeness (QED) is 0.287. The summed E-state index contributed by atoms with van der Waals surface area (Å²) in [6.45, 7) is 4.70. The van der Waals surface area contributed by atoms with E-state index in [1.807, 2.05) is 0 Å². The van der Waals surface area contributed by atoms with Gasteiger partial charge in [-0.3, -0.25) is 0 Å². The first kappa shape index (κ1) is 24.1. The van der Waals surface area contributed by atoms with E-state index in [0.29, 0.717) is 0 Å². The molecule has 5 fully saturated rings. The highest BCUT2D eigenvalue weighted by atomic mass is 14.6. The molecule has 0 aromatic heterocycles. The van der Waals surface area contributed by atoms with Crippen LogP contribution in [0.2, 0.25) is 0 Å². The molecule has 0 atom stereocenters. The number of hydrogen-bond donors (Lipinski definition) is 0. The molecule has 0 heteroatoms. The van der Waals surface area contributed by atoms with Crippen LogP contribution in [0.5, 0.6) is 0 Å². The number of rotatable bonds is 11. The lowest BCUT2D eigenvalue weighted by atomic mass is 9.47. The van der Waals surface area contributed by atoms with Crippen LogP contribution in [0.25, 0.3) is 0 Å². The van der Waals surface area contributed by atoms with Gasteiger partial charge >= 0.3 is 0 Å². The molecule has 0 aromatic carbocycles. The zero-order valence-electron chi connectivity index (χ0n) is 21.6. The molecule has 0 radical (unpaired) electrons. The molecule has 0 amide bonds. The van der Waals surface area contributed by atoms with Crippen molar-refractivity contribution in [1.82, 2.24) is 0 Å². The first-order valence-corrected chi connectivity index (χ1v) is 15.2. The zero-order valence-corrected chi connectivity index (χ0v) is 21.6. The largest absolute Gasteiger partial charge is 0.0654 e. The van der Waals surface area contributed by atoms with E-state index in [4.69, 9.17) is 0 Å². The van der Waals surface area contributed by atoms with Crippen molar-refractivity contribution in [3.8, 4) is 0 Å². The third kappa shape index (κ3) is 5.93. The summed E-state index contributed by atoms with van der Waals surface area (Å²) in [5, 5.41) is 0. The molecule has 5 aliphatic rings. The van der Waals surface area contributed by atoms with E-state index in [1.165, 1.54) is 51.4 Å². The topological polar surface area (TPSA) is 0 Å². The van der Waals surface area contributed by atoms with E-state index >= 15 is 0 Å². The summed E-state index contributed by atoms with van der Waals surface area (Å²) in [6.07, 6.45) is 35.6. The average molecular weight is 429 g/mol. The Balaban J connectivity index is 1.17. The van der Waals surface area contributed by atoms with E-state index < -0.39 is 0 Å². The molecule has 31 heavy (non-hydrogen) atoms. The molecule has 0 aromatic rings. The lowest BCUT2D eigenvalue weighted by Crippen LogP contribution is -2.46. The Kier molecular flexibility index (Phi) is 8.89. The van der Waals surface area contributed by atoms with Crippen LogP contribution in [0.1, 0.15) is 162 Å². The summed E-state index contributed by atoms with van der Waals surface area (Å²) in [6, 6.07) is 0. The minimum atomic E-state index is 0.794. The van der Waals surface area contributed by atoms with Gasteiger partial charge in [-0.15, -0.1) is 0 Å². The Labute approximate surface area is 196 Å². The van der Waals surface area contributed by atoms with Crippen molar-refractivity contribution in [2.24, 2.45) is 34.5 Å². The minimum Gasteiger partial charge on any atom is -0.0654 e. The second-order valence-electron chi connectivity index (χ2n) is 13.1. The zero-order chi connectivity index (χ0) is 21.6. The van der Waals surface area contributed by atoms with Gasteiger partial charge in [0.15, 0.2) is 0 Å². The summed E-state index contributed by atoms with van der Waals surface area (Å²) in [7, 11) is 0. The monoisotopic (exact) mass is 428 g/mol. The molecule has 0 aliphatic heterocycles. The molecule has 0 spiro atoms. The van der Waals surface area contributed by atoms with Crippen molar-refractivity contribution in [1.29, 1.82) is 0 Å². The molecule has 2 bridgehead atoms. The highest BCUT2D eigenvalue weighted by molar-refractivity contribution is 5.03. The maximum atomic E-state index is 2.35. The van der Waals surface area contributed by atoms with Crippen molar-refractivity contribution in [2.75, 3.05) is 0 Å². The Morgan fingerprint density at radius 1 is 0.548 bits per heavy atom. The molecule has 5 saturated carbocycles. The van der Waals surface area contributed by atoms with Crippen LogP contribution in [0.3, 0.4) is 0 Å². The van der Waals surface area contributed by atoms with Crippen molar-refractivity contribution in [3.63, 3.8) is 0 Å². The van der Waals surface area contributed by atoms with E-state index in [1.54, 1.807) is 96.3 Å². The fourth-order valence-electron chi connectivity index (χ4n) is 9.04. The van der Waals surface area contributed by atoms with Gasteiger partial charge < -0.3 is 0 Å². The molecular formula is C31H56. The molecule has 180 valence electrons. The van der Waals surface area contributed by atoms with Gasteiger partial charge in [0.05, 0.1) is 0 Å². The number of unbranched alkanes of at least 4 members (excludes halogenated alkanes) is 5. The summed E-state index contributed by atoms with van der Waals surface area (Å²) < 4.78 is 0. The van der Waals surface area contributed by atoms with Crippen molar-refractivity contribution in [3.05, 3.63) is 0 Å². The Hall–Kier alpha value is 0. The maximum absolute atomic E-state index is 2.35. The van der Waals surface area contributed by atoms with Crippen LogP contribution < -0.4 is 0 Å². The maximum Gasteiger partial charge on any atom is -0.0269 e. The van der Waals surface area contributed by atoms with Gasteiger partial charge in [-0.2, -0.15) is 0 Å². The molecule has 5 rings (SSSR count). The predicted octanol–water partition coefficient (Wildman–Crippen LogP) is 10.5. The molecule has 5 aliphatic carbocycles. The second kappa shape index (κ2) is 11.4. The van der Waals surface area contributed by atoms with Gasteiger partial charge in [0, 0.05) is 0 Å². The smallest absolute Gasteiger partial charge is 0.0269 e. The van der Waals surface area contributed by atoms with Crippen LogP contribution in [-0.2, 0) is 0 Å². The Morgan fingerprint density at radius 3 is 1.68 bits per heavy atom. The molecule has 0 nitrogen and oxygen atoms in total. The van der Waals surface area contributed by atoms with Gasteiger partial charge in [0.25, 0.3) is 0 Å². The number of hydrogen-bond acceptors (Lipinski definition) is 0. The van der Waals surface area contributed by atoms with Gasteiger partial charge in [-0.05, 0) is 118 Å². The summed E-state index contributed by atoms with van der Waals surface area (Å²) in [5.41, 5.74) is 1.59. The van der Waals surface area contributed by atoms with Crippen LogP contribution >= 0.6 is 0 Å².